The monoisotopic (exact) mass is 368 g/mol. The number of rotatable bonds is 5. The number of carbonyl (C=O) groups is 2. The standard InChI is InChI=1S/C18H25ClN2O4/c1-10-5-4-6-15(11(10)2)21-17(22)9-25-18(23)12-7-13(19)14(20)8-16(12)24-3/h7-8,10-11,15H,4-6,9,20H2,1-3H3,(H,21,22). The normalized spacial score (nSPS) is 23.0. The first-order valence-electron chi connectivity index (χ1n) is 8.43. The fourth-order valence-electron chi connectivity index (χ4n) is 3.14. The number of nitrogens with one attached hydrogen (secondary N) is 1. The number of nitrogen functional groups attached to an aromatic ring is 1. The molecule has 1 aromatic rings. The number of carbonyl (C=O) groups excluding carboxylic acids is 2. The molecule has 1 saturated carbocycles. The second kappa shape index (κ2) is 8.43. The number of hydrogen-bond donors (Lipinski definition) is 2. The van der Waals surface area contributed by atoms with E-state index in [9.17, 15) is 9.59 Å². The van der Waals surface area contributed by atoms with E-state index < -0.39 is 5.97 Å². The van der Waals surface area contributed by atoms with Crippen LogP contribution in [0.2, 0.25) is 5.02 Å². The first-order chi connectivity index (χ1) is 11.8. The first-order valence-corrected chi connectivity index (χ1v) is 8.80. The van der Waals surface area contributed by atoms with E-state index in [1.807, 2.05) is 0 Å². The number of halogens is 1. The average Bonchev–Trinajstić information content (AvgIpc) is 2.58. The van der Waals surface area contributed by atoms with Gasteiger partial charge in [0.05, 0.1) is 17.8 Å². The highest BCUT2D eigenvalue weighted by molar-refractivity contribution is 6.33. The van der Waals surface area contributed by atoms with E-state index in [2.05, 4.69) is 19.2 Å². The van der Waals surface area contributed by atoms with Gasteiger partial charge in [0, 0.05) is 12.1 Å². The van der Waals surface area contributed by atoms with Crippen LogP contribution in [0, 0.1) is 11.8 Å². The molecule has 1 fully saturated rings. The quantitative estimate of drug-likeness (QED) is 0.615. The minimum Gasteiger partial charge on any atom is -0.496 e. The number of amides is 1. The molecule has 3 atom stereocenters. The van der Waals surface area contributed by atoms with E-state index in [0.29, 0.717) is 17.5 Å². The molecule has 3 unspecified atom stereocenters. The molecule has 0 spiro atoms. The third-order valence-electron chi connectivity index (χ3n) is 4.93. The Hall–Kier alpha value is -1.95. The summed E-state index contributed by atoms with van der Waals surface area (Å²) in [4.78, 5) is 24.3. The van der Waals surface area contributed by atoms with Crippen molar-refractivity contribution in [3.8, 4) is 5.75 Å². The molecular weight excluding hydrogens is 344 g/mol. The van der Waals surface area contributed by atoms with Crippen LogP contribution < -0.4 is 15.8 Å². The van der Waals surface area contributed by atoms with Crippen molar-refractivity contribution in [3.05, 3.63) is 22.7 Å². The number of esters is 1. The van der Waals surface area contributed by atoms with Gasteiger partial charge in [0.15, 0.2) is 6.61 Å². The van der Waals surface area contributed by atoms with Crippen LogP contribution in [-0.4, -0.2) is 31.6 Å². The Labute approximate surface area is 153 Å². The summed E-state index contributed by atoms with van der Waals surface area (Å²) in [5.74, 6) is 0.244. The van der Waals surface area contributed by atoms with E-state index in [1.165, 1.54) is 25.7 Å². The Morgan fingerprint density at radius 1 is 1.32 bits per heavy atom. The highest BCUT2D eigenvalue weighted by atomic mass is 35.5. The summed E-state index contributed by atoms with van der Waals surface area (Å²) in [5.41, 5.74) is 6.12. The fourth-order valence-corrected chi connectivity index (χ4v) is 3.30. The largest absolute Gasteiger partial charge is 0.496 e. The van der Waals surface area contributed by atoms with Gasteiger partial charge in [-0.1, -0.05) is 38.3 Å². The van der Waals surface area contributed by atoms with Gasteiger partial charge < -0.3 is 20.5 Å². The second-order valence-electron chi connectivity index (χ2n) is 6.59. The lowest BCUT2D eigenvalue weighted by molar-refractivity contribution is -0.125. The molecule has 0 aromatic heterocycles. The van der Waals surface area contributed by atoms with Crippen molar-refractivity contribution in [1.29, 1.82) is 0 Å². The summed E-state index contributed by atoms with van der Waals surface area (Å²) >= 11 is 5.94. The molecule has 0 radical (unpaired) electrons. The van der Waals surface area contributed by atoms with Crippen LogP contribution in [0.4, 0.5) is 5.69 Å². The van der Waals surface area contributed by atoms with Gasteiger partial charge in [0.25, 0.3) is 5.91 Å². The number of ether oxygens (including phenoxy) is 2. The third-order valence-corrected chi connectivity index (χ3v) is 5.25. The van der Waals surface area contributed by atoms with Crippen LogP contribution in [0.15, 0.2) is 12.1 Å². The van der Waals surface area contributed by atoms with E-state index in [1.54, 1.807) is 0 Å². The molecule has 138 valence electrons. The maximum Gasteiger partial charge on any atom is 0.342 e. The van der Waals surface area contributed by atoms with Gasteiger partial charge in [-0.3, -0.25) is 4.79 Å². The van der Waals surface area contributed by atoms with Crippen LogP contribution >= 0.6 is 11.6 Å². The van der Waals surface area contributed by atoms with Gasteiger partial charge in [-0.15, -0.1) is 0 Å². The van der Waals surface area contributed by atoms with E-state index in [0.717, 1.165) is 12.8 Å². The molecule has 0 heterocycles. The molecule has 0 saturated heterocycles. The SMILES string of the molecule is COc1cc(N)c(Cl)cc1C(=O)OCC(=O)NC1CCCC(C)C1C. The summed E-state index contributed by atoms with van der Waals surface area (Å²) in [6, 6.07) is 2.95. The van der Waals surface area contributed by atoms with Gasteiger partial charge in [0.2, 0.25) is 0 Å². The molecule has 1 aliphatic carbocycles. The molecule has 2 rings (SSSR count). The zero-order valence-corrected chi connectivity index (χ0v) is 15.6. The van der Waals surface area contributed by atoms with Crippen LogP contribution in [-0.2, 0) is 9.53 Å². The molecular formula is C18H25ClN2O4. The molecule has 1 aliphatic rings. The number of nitrogens with two attached hydrogens (primary N) is 1. The van der Waals surface area contributed by atoms with Crippen LogP contribution in [0.5, 0.6) is 5.75 Å². The summed E-state index contributed by atoms with van der Waals surface area (Å²) in [6.45, 7) is 3.99. The summed E-state index contributed by atoms with van der Waals surface area (Å²) in [6.07, 6.45) is 3.23. The van der Waals surface area contributed by atoms with Crippen LogP contribution in [0.1, 0.15) is 43.5 Å². The molecule has 7 heteroatoms. The maximum atomic E-state index is 12.2. The Balaban J connectivity index is 1.93. The van der Waals surface area contributed by atoms with Crippen molar-refractivity contribution in [2.45, 2.75) is 39.2 Å². The van der Waals surface area contributed by atoms with Gasteiger partial charge in [-0.05, 0) is 24.3 Å². The van der Waals surface area contributed by atoms with Gasteiger partial charge in [-0.2, -0.15) is 0 Å². The third kappa shape index (κ3) is 4.78. The highest BCUT2D eigenvalue weighted by Crippen LogP contribution is 2.30. The Bertz CT molecular complexity index is 650. The summed E-state index contributed by atoms with van der Waals surface area (Å²) in [5, 5.41) is 3.19. The molecule has 1 amide bonds. The average molecular weight is 369 g/mol. The Morgan fingerprint density at radius 2 is 2.04 bits per heavy atom. The van der Waals surface area contributed by atoms with Crippen molar-refractivity contribution < 1.29 is 19.1 Å². The highest BCUT2D eigenvalue weighted by Gasteiger charge is 2.28. The van der Waals surface area contributed by atoms with Gasteiger partial charge in [0.1, 0.15) is 11.3 Å². The van der Waals surface area contributed by atoms with Crippen LogP contribution in [0.25, 0.3) is 0 Å². The van der Waals surface area contributed by atoms with Crippen molar-refractivity contribution in [3.63, 3.8) is 0 Å². The Morgan fingerprint density at radius 3 is 2.72 bits per heavy atom. The van der Waals surface area contributed by atoms with Crippen molar-refractivity contribution in [1.82, 2.24) is 5.32 Å². The number of benzene rings is 1. The van der Waals surface area contributed by atoms with E-state index in [4.69, 9.17) is 26.8 Å². The van der Waals surface area contributed by atoms with Crippen molar-refractivity contribution >= 4 is 29.2 Å². The van der Waals surface area contributed by atoms with E-state index >= 15 is 0 Å². The summed E-state index contributed by atoms with van der Waals surface area (Å²) < 4.78 is 10.2. The molecule has 3 N–H and O–H groups in total. The lowest BCUT2D eigenvalue weighted by Crippen LogP contribution is -2.45. The zero-order chi connectivity index (χ0) is 18.6. The van der Waals surface area contributed by atoms with Gasteiger partial charge >= 0.3 is 5.97 Å². The molecule has 0 aliphatic heterocycles. The van der Waals surface area contributed by atoms with Crippen molar-refractivity contribution in [2.75, 3.05) is 19.5 Å². The Kier molecular flexibility index (Phi) is 6.53. The lowest BCUT2D eigenvalue weighted by atomic mass is 9.78. The number of methoxy groups -OCH3 is 1. The molecule has 1 aromatic carbocycles. The maximum absolute atomic E-state index is 12.2. The summed E-state index contributed by atoms with van der Waals surface area (Å²) in [7, 11) is 1.41. The number of anilines is 1. The fraction of sp³-hybridized carbons (Fsp3) is 0.556. The molecule has 25 heavy (non-hydrogen) atoms. The minimum atomic E-state index is -0.682. The predicted molar refractivity (Wildman–Crippen MR) is 96.8 cm³/mol. The first kappa shape index (κ1) is 19.4. The topological polar surface area (TPSA) is 90.7 Å². The van der Waals surface area contributed by atoms with Gasteiger partial charge in [-0.25, -0.2) is 4.79 Å². The van der Waals surface area contributed by atoms with Crippen LogP contribution in [0.3, 0.4) is 0 Å². The zero-order valence-electron chi connectivity index (χ0n) is 14.8. The molecule has 0 bridgehead atoms. The lowest BCUT2D eigenvalue weighted by Gasteiger charge is -2.34. The van der Waals surface area contributed by atoms with E-state index in [-0.39, 0.29) is 34.9 Å². The predicted octanol–water partition coefficient (Wildman–Crippen LogP) is 3.03. The second-order valence-corrected chi connectivity index (χ2v) is 7.00. The van der Waals surface area contributed by atoms with Crippen molar-refractivity contribution in [2.24, 2.45) is 11.8 Å². The molecule has 6 nitrogen and oxygen atoms in total. The number of hydrogen-bond acceptors (Lipinski definition) is 5. The smallest absolute Gasteiger partial charge is 0.342 e. The minimum absolute atomic E-state index is 0.121.